The number of amides is 1. The Labute approximate surface area is 220 Å². The van der Waals surface area contributed by atoms with Crippen LogP contribution in [-0.2, 0) is 38.2 Å². The maximum atomic E-state index is 13.8. The van der Waals surface area contributed by atoms with E-state index < -0.39 is 23.3 Å². The van der Waals surface area contributed by atoms with Crippen molar-refractivity contribution in [3.05, 3.63) is 69.5 Å². The van der Waals surface area contributed by atoms with Crippen LogP contribution >= 0.6 is 0 Å². The molecule has 3 heterocycles. The van der Waals surface area contributed by atoms with E-state index in [2.05, 4.69) is 17.1 Å². The van der Waals surface area contributed by atoms with Crippen molar-refractivity contribution in [2.75, 3.05) is 33.3 Å². The minimum absolute atomic E-state index is 0.0791. The molecule has 1 saturated heterocycles. The minimum Gasteiger partial charge on any atom is -0.497 e. The molecule has 1 aromatic rings. The number of methoxy groups -OCH3 is 1. The Bertz CT molecular complexity index is 1220. The maximum absolute atomic E-state index is 13.8. The first-order valence-corrected chi connectivity index (χ1v) is 13.2. The molecule has 0 saturated carbocycles. The fourth-order valence-corrected chi connectivity index (χ4v) is 6.08. The van der Waals surface area contributed by atoms with Crippen LogP contribution in [0.5, 0.6) is 0 Å². The zero-order valence-electron chi connectivity index (χ0n) is 21.8. The summed E-state index contributed by atoms with van der Waals surface area (Å²) in [5.41, 5.74) is 1.49. The lowest BCUT2D eigenvalue weighted by molar-refractivity contribution is -0.151. The molecule has 0 atom stereocenters. The number of alkyl halides is 3. The predicted octanol–water partition coefficient (Wildman–Crippen LogP) is 4.94. The number of likely N-dealkylation sites (tertiary alicyclic amines) is 1. The first kappa shape index (κ1) is 26.5. The van der Waals surface area contributed by atoms with Crippen LogP contribution in [0.3, 0.4) is 0 Å². The number of esters is 1. The highest BCUT2D eigenvalue weighted by Crippen LogP contribution is 2.43. The van der Waals surface area contributed by atoms with Gasteiger partial charge in [0.05, 0.1) is 18.2 Å². The molecule has 4 aliphatic rings. The Morgan fingerprint density at radius 2 is 1.84 bits per heavy atom. The van der Waals surface area contributed by atoms with Gasteiger partial charge < -0.3 is 19.3 Å². The summed E-state index contributed by atoms with van der Waals surface area (Å²) in [4.78, 5) is 30.3. The third kappa shape index (κ3) is 5.00. The summed E-state index contributed by atoms with van der Waals surface area (Å²) in [5, 5.41) is 0. The van der Waals surface area contributed by atoms with Crippen LogP contribution in [0.15, 0.2) is 52.8 Å². The van der Waals surface area contributed by atoms with Crippen molar-refractivity contribution in [3.8, 4) is 0 Å². The number of rotatable bonds is 5. The van der Waals surface area contributed by atoms with Crippen molar-refractivity contribution in [3.63, 3.8) is 0 Å². The highest BCUT2D eigenvalue weighted by molar-refractivity contribution is 6.07. The number of hydrogen-bond acceptors (Lipinski definition) is 5. The molecule has 0 bridgehead atoms. The highest BCUT2D eigenvalue weighted by Gasteiger charge is 2.51. The Morgan fingerprint density at radius 1 is 1.11 bits per heavy atom. The van der Waals surface area contributed by atoms with Gasteiger partial charge in [-0.3, -0.25) is 4.79 Å². The first-order valence-electron chi connectivity index (χ1n) is 13.2. The molecule has 3 aliphatic heterocycles. The van der Waals surface area contributed by atoms with E-state index in [1.165, 1.54) is 11.6 Å². The summed E-state index contributed by atoms with van der Waals surface area (Å²) in [6.45, 7) is 4.27. The summed E-state index contributed by atoms with van der Waals surface area (Å²) in [5.74, 6) is 0.138. The third-order valence-electron chi connectivity index (χ3n) is 8.26. The number of fused-ring (bicyclic) bond motifs is 1. The van der Waals surface area contributed by atoms with Crippen molar-refractivity contribution < 1.29 is 32.2 Å². The lowest BCUT2D eigenvalue weighted by Crippen LogP contribution is -2.50. The quantitative estimate of drug-likeness (QED) is 0.505. The van der Waals surface area contributed by atoms with Crippen LogP contribution in [0.1, 0.15) is 55.7 Å². The number of hydrogen-bond donors (Lipinski definition) is 0. The largest absolute Gasteiger partial charge is 0.497 e. The average molecular weight is 531 g/mol. The molecule has 1 aliphatic carbocycles. The van der Waals surface area contributed by atoms with E-state index in [9.17, 15) is 22.8 Å². The van der Waals surface area contributed by atoms with Crippen molar-refractivity contribution in [2.24, 2.45) is 0 Å². The van der Waals surface area contributed by atoms with Gasteiger partial charge >= 0.3 is 12.1 Å². The monoisotopic (exact) mass is 530 g/mol. The average Bonchev–Trinajstić information content (AvgIpc) is 3.15. The molecule has 0 unspecified atom stereocenters. The van der Waals surface area contributed by atoms with Crippen LogP contribution in [-0.4, -0.2) is 60.6 Å². The van der Waals surface area contributed by atoms with Crippen molar-refractivity contribution in [1.82, 2.24) is 9.80 Å². The van der Waals surface area contributed by atoms with Crippen molar-refractivity contribution >= 4 is 11.9 Å². The second-order valence-electron chi connectivity index (χ2n) is 10.5. The number of piperidine rings is 1. The van der Waals surface area contributed by atoms with Crippen molar-refractivity contribution in [2.45, 2.75) is 63.8 Å². The molecule has 9 heteroatoms. The molecule has 38 heavy (non-hydrogen) atoms. The second-order valence-corrected chi connectivity index (χ2v) is 10.5. The Balaban J connectivity index is 1.27. The standard InChI is InChI=1S/C29H33F3N2O4/c1-19-25(26(35)34-14-10-20-7-8-23(29(30,31)32)17-22(20)18-34)28(38-27(19)36)11-15-33(16-12-28)13-9-21-5-3-4-6-24(21)37-2/h5-8,17H,3-4,9-16,18H2,1-2H3. The summed E-state index contributed by atoms with van der Waals surface area (Å²) < 4.78 is 51.2. The van der Waals surface area contributed by atoms with Crippen LogP contribution < -0.4 is 0 Å². The molecule has 1 fully saturated rings. The number of nitrogens with zero attached hydrogens (tertiary/aromatic N) is 2. The first-order chi connectivity index (χ1) is 18.1. The van der Waals surface area contributed by atoms with Gasteiger partial charge in [0.1, 0.15) is 11.4 Å². The van der Waals surface area contributed by atoms with Gasteiger partial charge in [-0.05, 0) is 67.5 Å². The number of allylic oxidation sites excluding steroid dienone is 3. The van der Waals surface area contributed by atoms with E-state index >= 15 is 0 Å². The van der Waals surface area contributed by atoms with Gasteiger partial charge in [0.25, 0.3) is 5.91 Å². The predicted molar refractivity (Wildman–Crippen MR) is 135 cm³/mol. The second kappa shape index (κ2) is 10.2. The summed E-state index contributed by atoms with van der Waals surface area (Å²) >= 11 is 0. The van der Waals surface area contributed by atoms with E-state index in [0.717, 1.165) is 49.3 Å². The number of benzene rings is 1. The van der Waals surface area contributed by atoms with Gasteiger partial charge in [-0.15, -0.1) is 0 Å². The van der Waals surface area contributed by atoms with Gasteiger partial charge in [-0.1, -0.05) is 12.1 Å². The number of halogens is 3. The van der Waals surface area contributed by atoms with E-state index in [0.29, 0.717) is 55.6 Å². The summed E-state index contributed by atoms with van der Waals surface area (Å²) in [7, 11) is 1.69. The SMILES string of the molecule is COC1=CCCC=C1CCN1CCC2(CC1)OC(=O)C(C)=C2C(=O)N1CCc2ccc(C(F)(F)F)cc2C1. The molecule has 1 spiro atoms. The van der Waals surface area contributed by atoms with Gasteiger partial charge in [-0.25, -0.2) is 4.79 Å². The molecular formula is C29H33F3N2O4. The summed E-state index contributed by atoms with van der Waals surface area (Å²) in [6.07, 6.45) is 4.23. The molecule has 204 valence electrons. The Kier molecular flexibility index (Phi) is 7.15. The molecule has 1 aromatic carbocycles. The zero-order valence-corrected chi connectivity index (χ0v) is 21.8. The Hall–Kier alpha value is -3.07. The molecule has 6 nitrogen and oxygen atoms in total. The Morgan fingerprint density at radius 3 is 2.55 bits per heavy atom. The van der Waals surface area contributed by atoms with E-state index in [4.69, 9.17) is 9.47 Å². The highest BCUT2D eigenvalue weighted by atomic mass is 19.4. The fraction of sp³-hybridized carbons (Fsp3) is 0.517. The topological polar surface area (TPSA) is 59.1 Å². The third-order valence-corrected chi connectivity index (χ3v) is 8.26. The lowest BCUT2D eigenvalue weighted by atomic mass is 9.82. The molecule has 1 amide bonds. The molecule has 0 radical (unpaired) electrons. The van der Waals surface area contributed by atoms with Gasteiger partial charge in [0.15, 0.2) is 0 Å². The van der Waals surface area contributed by atoms with Crippen LogP contribution in [0, 0.1) is 0 Å². The van der Waals surface area contributed by atoms with Crippen LogP contribution in [0.4, 0.5) is 13.2 Å². The maximum Gasteiger partial charge on any atom is 0.416 e. The van der Waals surface area contributed by atoms with Crippen LogP contribution in [0.25, 0.3) is 0 Å². The van der Waals surface area contributed by atoms with Crippen molar-refractivity contribution in [1.29, 1.82) is 0 Å². The van der Waals surface area contributed by atoms with Crippen LogP contribution in [0.2, 0.25) is 0 Å². The number of carbonyl (C=O) groups is 2. The smallest absolute Gasteiger partial charge is 0.416 e. The fourth-order valence-electron chi connectivity index (χ4n) is 6.08. The molecule has 0 aromatic heterocycles. The van der Waals surface area contributed by atoms with E-state index in [-0.39, 0.29) is 12.5 Å². The van der Waals surface area contributed by atoms with E-state index in [1.807, 2.05) is 0 Å². The molecule has 5 rings (SSSR count). The summed E-state index contributed by atoms with van der Waals surface area (Å²) in [6, 6.07) is 3.72. The van der Waals surface area contributed by atoms with Gasteiger partial charge in [0, 0.05) is 51.1 Å². The normalized spacial score (nSPS) is 21.7. The molecular weight excluding hydrogens is 497 g/mol. The van der Waals surface area contributed by atoms with Gasteiger partial charge in [-0.2, -0.15) is 13.2 Å². The van der Waals surface area contributed by atoms with E-state index in [1.54, 1.807) is 18.9 Å². The number of carbonyl (C=O) groups excluding carboxylic acids is 2. The zero-order chi connectivity index (χ0) is 27.1. The number of ether oxygens (including phenoxy) is 2. The lowest BCUT2D eigenvalue weighted by Gasteiger charge is -2.41. The minimum atomic E-state index is -4.45. The van der Waals surface area contributed by atoms with Gasteiger partial charge in [0.2, 0.25) is 0 Å². The molecule has 0 N–H and O–H groups in total.